The second-order valence-corrected chi connectivity index (χ2v) is 6.30. The van der Waals surface area contributed by atoms with E-state index in [4.69, 9.17) is 0 Å². The van der Waals surface area contributed by atoms with Crippen molar-refractivity contribution in [1.82, 2.24) is 0 Å². The van der Waals surface area contributed by atoms with Crippen LogP contribution in [0.3, 0.4) is 0 Å². The van der Waals surface area contributed by atoms with E-state index < -0.39 is 19.9 Å². The number of benzene rings is 2. The van der Waals surface area contributed by atoms with Crippen LogP contribution in [-0.2, 0) is 10.0 Å². The summed E-state index contributed by atoms with van der Waals surface area (Å²) in [6, 6.07) is 8.31. The monoisotopic (exact) mass is 337 g/mol. The van der Waals surface area contributed by atoms with Crippen LogP contribution in [0.15, 0.2) is 47.4 Å². The Morgan fingerprint density at radius 1 is 0.957 bits per heavy atom. The van der Waals surface area contributed by atoms with Crippen LogP contribution in [0, 0.1) is 27.2 Å². The number of anilines is 1. The second kappa shape index (κ2) is 6.01. The number of hydrogen-bond acceptors (Lipinski definition) is 6. The molecule has 0 amide bonds. The summed E-state index contributed by atoms with van der Waals surface area (Å²) < 4.78 is 26.7. The highest BCUT2D eigenvalue weighted by Gasteiger charge is 2.20. The molecule has 0 spiro atoms. The van der Waals surface area contributed by atoms with Crippen LogP contribution in [0.4, 0.5) is 17.1 Å². The third-order valence-electron chi connectivity index (χ3n) is 3.02. The third kappa shape index (κ3) is 3.61. The SMILES string of the molecule is Cc1ccc(S(=O)(=O)Nc2ccc([N+](=O)[O-])cc2)cc1[N+](=O)[O-]. The molecule has 1 N–H and O–H groups in total. The number of aryl methyl sites for hydroxylation is 1. The summed E-state index contributed by atoms with van der Waals surface area (Å²) >= 11 is 0. The van der Waals surface area contributed by atoms with Crippen molar-refractivity contribution < 1.29 is 18.3 Å². The lowest BCUT2D eigenvalue weighted by atomic mass is 10.2. The summed E-state index contributed by atoms with van der Waals surface area (Å²) in [6.45, 7) is 1.50. The van der Waals surface area contributed by atoms with E-state index in [-0.39, 0.29) is 22.0 Å². The lowest BCUT2D eigenvalue weighted by Crippen LogP contribution is -2.13. The highest BCUT2D eigenvalue weighted by atomic mass is 32.2. The van der Waals surface area contributed by atoms with Crippen LogP contribution in [0.25, 0.3) is 0 Å². The van der Waals surface area contributed by atoms with Gasteiger partial charge in [0.2, 0.25) is 0 Å². The standard InChI is InChI=1S/C13H11N3O6S/c1-9-2-7-12(8-13(9)16(19)20)23(21,22)14-10-3-5-11(6-4-10)15(17)18/h2-8,14H,1H3. The minimum absolute atomic E-state index is 0.110. The molecule has 0 aliphatic carbocycles. The number of nitro groups is 2. The van der Waals surface area contributed by atoms with Crippen molar-refractivity contribution in [2.75, 3.05) is 4.72 Å². The normalized spacial score (nSPS) is 11.0. The van der Waals surface area contributed by atoms with E-state index in [9.17, 15) is 28.6 Å². The quantitative estimate of drug-likeness (QED) is 0.658. The van der Waals surface area contributed by atoms with Crippen molar-refractivity contribution in [3.8, 4) is 0 Å². The predicted octanol–water partition coefficient (Wildman–Crippen LogP) is 2.61. The largest absolute Gasteiger partial charge is 0.280 e. The summed E-state index contributed by atoms with van der Waals surface area (Å²) in [5.41, 5.74) is -0.0430. The third-order valence-corrected chi connectivity index (χ3v) is 4.40. The molecule has 0 radical (unpaired) electrons. The van der Waals surface area contributed by atoms with Gasteiger partial charge in [-0.2, -0.15) is 0 Å². The molecule has 0 saturated carbocycles. The molecule has 10 heteroatoms. The Morgan fingerprint density at radius 2 is 1.57 bits per heavy atom. The van der Waals surface area contributed by atoms with Gasteiger partial charge in [0, 0.05) is 29.4 Å². The maximum Gasteiger partial charge on any atom is 0.273 e. The van der Waals surface area contributed by atoms with Crippen LogP contribution in [0.1, 0.15) is 5.56 Å². The second-order valence-electron chi connectivity index (χ2n) is 4.61. The zero-order valence-corrected chi connectivity index (χ0v) is 12.6. The van der Waals surface area contributed by atoms with Crippen LogP contribution < -0.4 is 4.72 Å². The molecule has 0 fully saturated rings. The Kier molecular flexibility index (Phi) is 4.27. The molecule has 0 unspecified atom stereocenters. The van der Waals surface area contributed by atoms with Crippen LogP contribution in [0.5, 0.6) is 0 Å². The van der Waals surface area contributed by atoms with Crippen LogP contribution in [-0.4, -0.2) is 18.3 Å². The fraction of sp³-hybridized carbons (Fsp3) is 0.0769. The molecule has 0 bridgehead atoms. The number of sulfonamides is 1. The first kappa shape index (κ1) is 16.4. The Labute approximate surface area is 130 Å². The molecule has 0 aliphatic heterocycles. The topological polar surface area (TPSA) is 132 Å². The van der Waals surface area contributed by atoms with E-state index in [2.05, 4.69) is 4.72 Å². The summed E-state index contributed by atoms with van der Waals surface area (Å²) in [6.07, 6.45) is 0. The zero-order valence-electron chi connectivity index (χ0n) is 11.8. The number of nitrogens with zero attached hydrogens (tertiary/aromatic N) is 2. The van der Waals surface area contributed by atoms with Gasteiger partial charge >= 0.3 is 0 Å². The molecular weight excluding hydrogens is 326 g/mol. The fourth-order valence-corrected chi connectivity index (χ4v) is 2.90. The number of nitro benzene ring substituents is 2. The molecule has 2 rings (SSSR count). The molecule has 0 saturated heterocycles. The van der Waals surface area contributed by atoms with Gasteiger partial charge in [0.1, 0.15) is 0 Å². The van der Waals surface area contributed by atoms with Crippen molar-refractivity contribution in [1.29, 1.82) is 0 Å². The first-order valence-corrected chi connectivity index (χ1v) is 7.71. The summed E-state index contributed by atoms with van der Waals surface area (Å²) in [4.78, 5) is 19.9. The van der Waals surface area contributed by atoms with E-state index >= 15 is 0 Å². The van der Waals surface area contributed by atoms with Crippen molar-refractivity contribution >= 4 is 27.1 Å². The van der Waals surface area contributed by atoms with Gasteiger partial charge in [-0.3, -0.25) is 25.0 Å². The minimum Gasteiger partial charge on any atom is -0.280 e. The minimum atomic E-state index is -4.04. The Morgan fingerprint density at radius 3 is 2.09 bits per heavy atom. The Hall–Kier alpha value is -3.01. The van der Waals surface area contributed by atoms with Gasteiger partial charge in [-0.1, -0.05) is 6.07 Å². The van der Waals surface area contributed by atoms with Gasteiger partial charge in [-0.25, -0.2) is 8.42 Å². The summed E-state index contributed by atoms with van der Waals surface area (Å²) in [5, 5.41) is 21.4. The molecule has 0 heterocycles. The number of nitrogens with one attached hydrogen (secondary N) is 1. The van der Waals surface area contributed by atoms with Gasteiger partial charge in [0.05, 0.1) is 14.7 Å². The highest BCUT2D eigenvalue weighted by Crippen LogP contribution is 2.24. The van der Waals surface area contributed by atoms with Gasteiger partial charge in [0.25, 0.3) is 21.4 Å². The van der Waals surface area contributed by atoms with E-state index in [1.54, 1.807) is 0 Å². The van der Waals surface area contributed by atoms with E-state index in [0.717, 1.165) is 18.2 Å². The van der Waals surface area contributed by atoms with Crippen LogP contribution in [0.2, 0.25) is 0 Å². The van der Waals surface area contributed by atoms with E-state index in [1.807, 2.05) is 0 Å². The molecule has 0 atom stereocenters. The molecule has 0 aliphatic rings. The first-order valence-electron chi connectivity index (χ1n) is 6.23. The van der Waals surface area contributed by atoms with Gasteiger partial charge in [-0.05, 0) is 25.1 Å². The molecule has 2 aromatic carbocycles. The number of hydrogen-bond donors (Lipinski definition) is 1. The molecule has 0 aromatic heterocycles. The van der Waals surface area contributed by atoms with Gasteiger partial charge in [0.15, 0.2) is 0 Å². The van der Waals surface area contributed by atoms with E-state index in [0.29, 0.717) is 5.56 Å². The maximum atomic E-state index is 12.2. The highest BCUT2D eigenvalue weighted by molar-refractivity contribution is 7.92. The molecule has 120 valence electrons. The maximum absolute atomic E-state index is 12.2. The average Bonchev–Trinajstić information content (AvgIpc) is 2.47. The molecule has 9 nitrogen and oxygen atoms in total. The number of non-ortho nitro benzene ring substituents is 1. The van der Waals surface area contributed by atoms with Crippen LogP contribution >= 0.6 is 0 Å². The average molecular weight is 337 g/mol. The van der Waals surface area contributed by atoms with Crippen molar-refractivity contribution in [3.63, 3.8) is 0 Å². The molecule has 2 aromatic rings. The van der Waals surface area contributed by atoms with Gasteiger partial charge < -0.3 is 0 Å². The molecular formula is C13H11N3O6S. The van der Waals surface area contributed by atoms with Crippen molar-refractivity contribution in [2.45, 2.75) is 11.8 Å². The van der Waals surface area contributed by atoms with E-state index in [1.165, 1.54) is 31.2 Å². The summed E-state index contributed by atoms with van der Waals surface area (Å²) in [7, 11) is -4.04. The van der Waals surface area contributed by atoms with Crippen molar-refractivity contribution in [3.05, 3.63) is 68.3 Å². The smallest absolute Gasteiger partial charge is 0.273 e. The fourth-order valence-electron chi connectivity index (χ4n) is 1.82. The summed E-state index contributed by atoms with van der Waals surface area (Å²) in [5.74, 6) is 0. The van der Waals surface area contributed by atoms with Crippen molar-refractivity contribution in [2.24, 2.45) is 0 Å². The Balaban J connectivity index is 2.33. The predicted molar refractivity (Wildman–Crippen MR) is 81.7 cm³/mol. The number of rotatable bonds is 5. The Bertz CT molecular complexity index is 877. The molecule has 23 heavy (non-hydrogen) atoms. The first-order chi connectivity index (χ1) is 10.7. The zero-order chi connectivity index (χ0) is 17.2. The van der Waals surface area contributed by atoms with Gasteiger partial charge in [-0.15, -0.1) is 0 Å². The lowest BCUT2D eigenvalue weighted by molar-refractivity contribution is -0.385. The lowest BCUT2D eigenvalue weighted by Gasteiger charge is -2.08.